The number of benzene rings is 3. The van der Waals surface area contributed by atoms with Gasteiger partial charge in [-0.05, 0) is 41.3 Å². The van der Waals surface area contributed by atoms with Crippen LogP contribution in [0.15, 0.2) is 71.9 Å². The van der Waals surface area contributed by atoms with Crippen molar-refractivity contribution in [1.29, 1.82) is 0 Å². The number of esters is 1. The molecule has 174 valence electrons. The van der Waals surface area contributed by atoms with Gasteiger partial charge in [0, 0.05) is 35.9 Å². The third kappa shape index (κ3) is 4.22. The number of amidine groups is 1. The summed E-state index contributed by atoms with van der Waals surface area (Å²) in [6, 6.07) is 22.2. The van der Waals surface area contributed by atoms with E-state index < -0.39 is 0 Å². The molecule has 0 bridgehead atoms. The first kappa shape index (κ1) is 22.0. The summed E-state index contributed by atoms with van der Waals surface area (Å²) < 4.78 is 7.92. The van der Waals surface area contributed by atoms with E-state index in [1.807, 2.05) is 41.0 Å². The van der Waals surface area contributed by atoms with Crippen LogP contribution in [-0.2, 0) is 11.3 Å². The van der Waals surface area contributed by atoms with Gasteiger partial charge < -0.3 is 26.0 Å². The van der Waals surface area contributed by atoms with Crippen molar-refractivity contribution < 1.29 is 20.5 Å². The third-order valence-corrected chi connectivity index (χ3v) is 6.79. The number of rotatable bonds is 5. The second-order valence-electron chi connectivity index (χ2n) is 9.06. The van der Waals surface area contributed by atoms with Crippen LogP contribution in [0, 0.1) is 0 Å². The highest BCUT2D eigenvalue weighted by Gasteiger charge is 2.26. The van der Waals surface area contributed by atoms with Crippen molar-refractivity contribution in [3.63, 3.8) is 0 Å². The monoisotopic (exact) mass is 457 g/mol. The molecule has 6 N–H and O–H groups in total. The summed E-state index contributed by atoms with van der Waals surface area (Å²) in [5, 5.41) is 15.5. The molecule has 0 spiro atoms. The van der Waals surface area contributed by atoms with Gasteiger partial charge in [-0.2, -0.15) is 0 Å². The van der Waals surface area contributed by atoms with E-state index in [1.54, 1.807) is 6.07 Å². The number of carbonyl (C=O) groups excluding carboxylic acids is 1. The summed E-state index contributed by atoms with van der Waals surface area (Å²) in [5.74, 6) is -0.303. The third-order valence-electron chi connectivity index (χ3n) is 6.79. The maximum atomic E-state index is 13.4. The Hall–Kier alpha value is -3.84. The smallest absolute Gasteiger partial charge is 0.355 e. The van der Waals surface area contributed by atoms with Crippen molar-refractivity contribution in [1.82, 2.24) is 4.57 Å². The molecule has 1 saturated carbocycles. The first-order valence-corrected chi connectivity index (χ1v) is 11.7. The van der Waals surface area contributed by atoms with Gasteiger partial charge in [-0.25, -0.2) is 4.79 Å². The number of nitrogens with zero attached hydrogens (tertiary/aromatic N) is 2. The normalized spacial score (nSPS) is 18.9. The number of nitrogens with two attached hydrogens (primary N) is 1. The molecule has 0 aliphatic heterocycles. The Morgan fingerprint density at radius 1 is 1.03 bits per heavy atom. The van der Waals surface area contributed by atoms with Gasteiger partial charge >= 0.3 is 5.97 Å². The van der Waals surface area contributed by atoms with E-state index in [1.165, 1.54) is 0 Å². The fourth-order valence-electron chi connectivity index (χ4n) is 4.87. The largest absolute Gasteiger partial charge is 0.458 e. The highest BCUT2D eigenvalue weighted by atomic mass is 16.5. The Bertz CT molecular complexity index is 1380. The summed E-state index contributed by atoms with van der Waals surface area (Å²) >= 11 is 0. The maximum Gasteiger partial charge on any atom is 0.355 e. The van der Waals surface area contributed by atoms with E-state index in [9.17, 15) is 4.79 Å². The van der Waals surface area contributed by atoms with Crippen molar-refractivity contribution in [2.75, 3.05) is 0 Å². The van der Waals surface area contributed by atoms with Crippen LogP contribution in [0.2, 0.25) is 0 Å². The van der Waals surface area contributed by atoms with Crippen LogP contribution < -0.4 is 11.5 Å². The maximum absolute atomic E-state index is 13.4. The van der Waals surface area contributed by atoms with Gasteiger partial charge in [0.25, 0.3) is 0 Å². The predicted octanol–water partition coefficient (Wildman–Crippen LogP) is 3.65. The molecule has 0 amide bonds. The quantitative estimate of drug-likeness (QED) is 0.139. The number of quaternary nitrogens is 1. The van der Waals surface area contributed by atoms with Gasteiger partial charge in [0.15, 0.2) is 5.84 Å². The molecule has 0 radical (unpaired) electrons. The van der Waals surface area contributed by atoms with E-state index in [0.717, 1.165) is 52.9 Å². The Morgan fingerprint density at radius 2 is 1.79 bits per heavy atom. The summed E-state index contributed by atoms with van der Waals surface area (Å²) in [6.45, 7) is 0.487. The lowest BCUT2D eigenvalue weighted by Gasteiger charge is -2.24. The lowest BCUT2D eigenvalue weighted by Crippen LogP contribution is -2.62. The average molecular weight is 458 g/mol. The molecule has 4 aromatic rings. The molecule has 0 atom stereocenters. The Kier molecular flexibility index (Phi) is 5.94. The lowest BCUT2D eigenvalue weighted by atomic mass is 9.94. The second kappa shape index (κ2) is 9.19. The Balaban J connectivity index is 1.58. The zero-order chi connectivity index (χ0) is 23.7. The molecule has 34 heavy (non-hydrogen) atoms. The molecule has 1 aliphatic rings. The first-order chi connectivity index (χ1) is 16.5. The zero-order valence-electron chi connectivity index (χ0n) is 19.0. The molecule has 1 heterocycles. The molecule has 0 unspecified atom stereocenters. The fourth-order valence-corrected chi connectivity index (χ4v) is 4.87. The molecular weight excluding hydrogens is 428 g/mol. The van der Waals surface area contributed by atoms with Crippen LogP contribution in [0.4, 0.5) is 0 Å². The van der Waals surface area contributed by atoms with Gasteiger partial charge in [-0.3, -0.25) is 0 Å². The summed E-state index contributed by atoms with van der Waals surface area (Å²) in [4.78, 5) is 13.4. The molecule has 1 aromatic heterocycles. The van der Waals surface area contributed by atoms with Crippen molar-refractivity contribution in [2.45, 2.75) is 44.4 Å². The second-order valence-corrected chi connectivity index (χ2v) is 9.06. The van der Waals surface area contributed by atoms with Crippen LogP contribution in [-0.4, -0.2) is 33.7 Å². The van der Waals surface area contributed by atoms with E-state index in [4.69, 9.17) is 15.7 Å². The predicted molar refractivity (Wildman–Crippen MR) is 132 cm³/mol. The van der Waals surface area contributed by atoms with E-state index in [-0.39, 0.29) is 17.9 Å². The highest BCUT2D eigenvalue weighted by Crippen LogP contribution is 2.28. The van der Waals surface area contributed by atoms with Crippen LogP contribution >= 0.6 is 0 Å². The first-order valence-electron chi connectivity index (χ1n) is 11.7. The highest BCUT2D eigenvalue weighted by molar-refractivity contribution is 6.02. The van der Waals surface area contributed by atoms with Crippen LogP contribution in [0.3, 0.4) is 0 Å². The molecular formula is C27H29N4O3+. The van der Waals surface area contributed by atoms with Crippen molar-refractivity contribution in [2.24, 2.45) is 10.9 Å². The molecule has 1 fully saturated rings. The summed E-state index contributed by atoms with van der Waals surface area (Å²) in [5.41, 5.74) is 13.0. The zero-order valence-corrected chi connectivity index (χ0v) is 19.0. The van der Waals surface area contributed by atoms with Gasteiger partial charge in [0.05, 0.1) is 6.04 Å². The molecule has 0 saturated heterocycles. The summed E-state index contributed by atoms with van der Waals surface area (Å²) in [6.07, 6.45) is 3.55. The van der Waals surface area contributed by atoms with E-state index in [2.05, 4.69) is 35.2 Å². The lowest BCUT2D eigenvalue weighted by molar-refractivity contribution is -0.427. The standard InChI is InChI=1S/C27H28N4O3/c28-21-10-12-22(13-11-21)34-27(32)25-14-18-8-9-19(26(29)30-33)15-24(18)31(25)16-20-6-3-5-17-4-1-2-7-23(17)20/h1-9,14-15,21-22,33H,10-13,16,28H2,(H2,29,30)/p+1. The van der Waals surface area contributed by atoms with Crippen molar-refractivity contribution in [3.8, 4) is 0 Å². The average Bonchev–Trinajstić information content (AvgIpc) is 3.23. The molecule has 7 heteroatoms. The number of fused-ring (bicyclic) bond motifs is 2. The minimum atomic E-state index is -0.325. The minimum absolute atomic E-state index is 0.0221. The Labute approximate surface area is 197 Å². The van der Waals surface area contributed by atoms with Crippen LogP contribution in [0.25, 0.3) is 21.7 Å². The SMILES string of the molecule is N/C(=N/O)c1ccc2cc(C(=O)OC3CCC([NH3+])CC3)n(Cc3cccc4ccccc34)c2c1. The minimum Gasteiger partial charge on any atom is -0.458 e. The van der Waals surface area contributed by atoms with Crippen molar-refractivity contribution in [3.05, 3.63) is 83.6 Å². The topological polar surface area (TPSA) is 117 Å². The number of hydrogen-bond donors (Lipinski definition) is 3. The molecule has 3 aromatic carbocycles. The van der Waals surface area contributed by atoms with E-state index in [0.29, 0.717) is 23.8 Å². The molecule has 5 rings (SSSR count). The number of hydrogen-bond acceptors (Lipinski definition) is 4. The van der Waals surface area contributed by atoms with E-state index >= 15 is 0 Å². The number of ether oxygens (including phenoxy) is 1. The van der Waals surface area contributed by atoms with Crippen LogP contribution in [0.5, 0.6) is 0 Å². The summed E-state index contributed by atoms with van der Waals surface area (Å²) in [7, 11) is 0. The van der Waals surface area contributed by atoms with Gasteiger partial charge in [0.2, 0.25) is 0 Å². The Morgan fingerprint density at radius 3 is 2.59 bits per heavy atom. The number of oxime groups is 1. The molecule has 7 nitrogen and oxygen atoms in total. The number of aromatic nitrogens is 1. The molecule has 1 aliphatic carbocycles. The van der Waals surface area contributed by atoms with Crippen LogP contribution in [0.1, 0.15) is 47.3 Å². The van der Waals surface area contributed by atoms with Gasteiger partial charge in [0.1, 0.15) is 11.8 Å². The number of carbonyl (C=O) groups is 1. The van der Waals surface area contributed by atoms with Gasteiger partial charge in [-0.1, -0.05) is 59.8 Å². The fraction of sp³-hybridized carbons (Fsp3) is 0.259. The van der Waals surface area contributed by atoms with Gasteiger partial charge in [-0.15, -0.1) is 0 Å². The van der Waals surface area contributed by atoms with Crippen molar-refractivity contribution >= 4 is 33.5 Å².